The van der Waals surface area contributed by atoms with Crippen molar-refractivity contribution in [2.24, 2.45) is 5.16 Å². The highest BCUT2D eigenvalue weighted by atomic mass is 35.5. The molecule has 0 radical (unpaired) electrons. The first-order valence-electron chi connectivity index (χ1n) is 10.1. The van der Waals surface area contributed by atoms with Gasteiger partial charge in [-0.2, -0.15) is 9.36 Å². The summed E-state index contributed by atoms with van der Waals surface area (Å²) in [6.07, 6.45) is 5.21. The van der Waals surface area contributed by atoms with Gasteiger partial charge in [0, 0.05) is 28.9 Å². The number of fused-ring (bicyclic) bond motifs is 2. The zero-order valence-corrected chi connectivity index (χ0v) is 20.8. The predicted molar refractivity (Wildman–Crippen MR) is 123 cm³/mol. The van der Waals surface area contributed by atoms with E-state index in [1.54, 1.807) is 29.2 Å². The summed E-state index contributed by atoms with van der Waals surface area (Å²) in [5.74, 6) is -2.17. The number of aromatic nitrogens is 5. The van der Waals surface area contributed by atoms with Gasteiger partial charge in [0.25, 0.3) is 11.8 Å². The van der Waals surface area contributed by atoms with Crippen molar-refractivity contribution in [2.45, 2.75) is 18.0 Å². The molecule has 0 saturated carbocycles. The molecule has 0 bridgehead atoms. The second-order valence-corrected chi connectivity index (χ2v) is 9.34. The van der Waals surface area contributed by atoms with Gasteiger partial charge in [-0.15, -0.1) is 16.3 Å². The smallest absolute Gasteiger partial charge is 0.352 e. The van der Waals surface area contributed by atoms with Crippen LogP contribution in [0.3, 0.4) is 0 Å². The minimum absolute atomic E-state index is 0. The lowest BCUT2D eigenvalue weighted by Crippen LogP contribution is -3.00. The Morgan fingerprint density at radius 3 is 2.94 bits per heavy atom. The quantitative estimate of drug-likeness (QED) is 0.113. The van der Waals surface area contributed by atoms with E-state index >= 15 is 0 Å². The van der Waals surface area contributed by atoms with Crippen LogP contribution in [0.5, 0.6) is 0 Å². The molecule has 0 spiro atoms. The Kier molecular flexibility index (Phi) is 7.09. The number of β-lactam (4-membered cyclic amide) rings is 1. The Hall–Kier alpha value is -3.76. The van der Waals surface area contributed by atoms with Crippen LogP contribution in [-0.4, -0.2) is 76.8 Å². The lowest BCUT2D eigenvalue weighted by molar-refractivity contribution is -0.662. The zero-order chi connectivity index (χ0) is 24.7. The van der Waals surface area contributed by atoms with Crippen LogP contribution in [0.15, 0.2) is 47.1 Å². The number of nitrogens with zero attached hydrogens (tertiary/aromatic N) is 7. The monoisotopic (exact) mass is 551 g/mol. The van der Waals surface area contributed by atoms with Crippen molar-refractivity contribution >= 4 is 57.6 Å². The molecule has 2 aliphatic heterocycles. The number of thioether (sulfide) groups is 1. The van der Waals surface area contributed by atoms with Gasteiger partial charge >= 0.3 is 11.6 Å². The maximum atomic E-state index is 13.0. The number of hydrogen-bond acceptors (Lipinski definition) is 11. The predicted octanol–water partition coefficient (Wildman–Crippen LogP) is -4.15. The molecule has 0 aromatic carbocycles. The van der Waals surface area contributed by atoms with Crippen LogP contribution in [0.1, 0.15) is 5.82 Å². The fraction of sp³-hybridized carbons (Fsp3) is 0.263. The maximum Gasteiger partial charge on any atom is 0.352 e. The molecular formula is C19H18ClN9O5S2. The van der Waals surface area contributed by atoms with E-state index in [9.17, 15) is 19.5 Å². The molecule has 1 fully saturated rings. The number of halogens is 1. The molecular weight excluding hydrogens is 534 g/mol. The average Bonchev–Trinajstić information content (AvgIpc) is 3.46. The highest BCUT2D eigenvalue weighted by molar-refractivity contribution is 8.00. The van der Waals surface area contributed by atoms with Crippen molar-refractivity contribution in [2.75, 3.05) is 18.6 Å². The summed E-state index contributed by atoms with van der Waals surface area (Å²) in [4.78, 5) is 47.8. The molecule has 17 heteroatoms. The largest absolute Gasteiger partial charge is 1.00 e. The summed E-state index contributed by atoms with van der Waals surface area (Å²) in [6.45, 7) is 0.270. The van der Waals surface area contributed by atoms with Gasteiger partial charge in [-0.05, 0) is 6.07 Å². The molecule has 2 amide bonds. The lowest BCUT2D eigenvalue weighted by Gasteiger charge is -2.49. The van der Waals surface area contributed by atoms with E-state index < -0.39 is 29.2 Å². The Morgan fingerprint density at radius 2 is 2.25 bits per heavy atom. The maximum absolute atomic E-state index is 13.0. The number of nitrogens with one attached hydrogen (secondary N) is 1. The van der Waals surface area contributed by atoms with E-state index in [0.29, 0.717) is 11.3 Å². The van der Waals surface area contributed by atoms with Gasteiger partial charge in [0.2, 0.25) is 11.5 Å². The number of nitrogen functional groups attached to an aromatic ring is 1. The molecule has 3 aromatic heterocycles. The number of hydrogen-bond donors (Lipinski definition) is 3. The Bertz CT molecular complexity index is 1420. The Balaban J connectivity index is 0.00000304. The number of nitrogens with two attached hydrogens (primary N) is 1. The number of oxime groups is 1. The molecule has 4 N–H and O–H groups in total. The van der Waals surface area contributed by atoms with Gasteiger partial charge < -0.3 is 33.4 Å². The first-order valence-corrected chi connectivity index (χ1v) is 11.9. The topological polar surface area (TPSA) is 181 Å². The normalized spacial score (nSPS) is 19.4. The fourth-order valence-corrected chi connectivity index (χ4v) is 5.67. The van der Waals surface area contributed by atoms with Crippen molar-refractivity contribution in [1.82, 2.24) is 29.2 Å². The highest BCUT2D eigenvalue weighted by Gasteiger charge is 2.54. The van der Waals surface area contributed by atoms with E-state index in [1.165, 1.54) is 23.8 Å². The fourth-order valence-electron chi connectivity index (χ4n) is 3.90. The minimum Gasteiger partial charge on any atom is -1.00 e. The summed E-state index contributed by atoms with van der Waals surface area (Å²) < 4.78 is 7.48. The first kappa shape index (κ1) is 25.3. The molecule has 36 heavy (non-hydrogen) atoms. The van der Waals surface area contributed by atoms with Crippen molar-refractivity contribution in [3.8, 4) is 0 Å². The summed E-state index contributed by atoms with van der Waals surface area (Å²) in [6, 6.07) is 2.69. The molecule has 3 aromatic rings. The van der Waals surface area contributed by atoms with Crippen LogP contribution in [0, 0.1) is 0 Å². The van der Waals surface area contributed by atoms with Crippen LogP contribution in [-0.2, 0) is 25.8 Å². The third-order valence-corrected chi connectivity index (χ3v) is 7.27. The number of imidazole rings is 1. The lowest BCUT2D eigenvalue weighted by atomic mass is 10.0. The van der Waals surface area contributed by atoms with Gasteiger partial charge in [0.15, 0.2) is 11.3 Å². The van der Waals surface area contributed by atoms with Gasteiger partial charge in [-0.3, -0.25) is 14.5 Å². The second kappa shape index (κ2) is 10.1. The van der Waals surface area contributed by atoms with E-state index in [4.69, 9.17) is 10.6 Å². The molecule has 0 aliphatic carbocycles. The zero-order valence-electron chi connectivity index (χ0n) is 18.4. The summed E-state index contributed by atoms with van der Waals surface area (Å²) in [5.41, 5.74) is 6.60. The van der Waals surface area contributed by atoms with Gasteiger partial charge in [0.1, 0.15) is 37.0 Å². The van der Waals surface area contributed by atoms with Crippen LogP contribution >= 0.6 is 23.3 Å². The molecule has 2 unspecified atom stereocenters. The number of anilines is 1. The van der Waals surface area contributed by atoms with Gasteiger partial charge in [0.05, 0.1) is 6.20 Å². The Morgan fingerprint density at radius 1 is 1.44 bits per heavy atom. The van der Waals surface area contributed by atoms with Gasteiger partial charge in [-0.1, -0.05) is 10.3 Å². The van der Waals surface area contributed by atoms with Crippen LogP contribution in [0.4, 0.5) is 5.13 Å². The number of carboxylic acids is 1. The number of aliphatic carboxylic acids is 1. The summed E-state index contributed by atoms with van der Waals surface area (Å²) in [7, 11) is 1.25. The summed E-state index contributed by atoms with van der Waals surface area (Å²) >= 11 is 2.24. The molecule has 2 atom stereocenters. The number of carbonyl (C=O) groups is 3. The van der Waals surface area contributed by atoms with Crippen LogP contribution < -0.4 is 28.0 Å². The Labute approximate surface area is 217 Å². The molecule has 5 heterocycles. The first-order chi connectivity index (χ1) is 16.9. The molecule has 5 rings (SSSR count). The van der Waals surface area contributed by atoms with E-state index in [1.807, 2.05) is 10.6 Å². The SMILES string of the molecule is CON=C(C(=O)NC1C(=O)N2C(C(=O)O)=C(C[n+]3ccn4ncccc43)CSC12)c1nsc(N)n1.[Cl-]. The average molecular weight is 552 g/mol. The van der Waals surface area contributed by atoms with Crippen molar-refractivity contribution in [3.63, 3.8) is 0 Å². The third-order valence-electron chi connectivity index (χ3n) is 5.39. The standard InChI is InChI=1S/C19H17N9O5S2.ClH/c1-33-24-11(14-23-19(20)35-25-14)15(29)22-12-16(30)28-13(18(31)32)9(8-34-17(12)28)7-26-5-6-27-10(26)3-2-4-21-27;/h2-6,12,17H,7-8H2,1H3,(H3-,20,22,23,25,29,31,32);1H. The number of amides is 2. The van der Waals surface area contributed by atoms with Crippen LogP contribution in [0.2, 0.25) is 0 Å². The van der Waals surface area contributed by atoms with E-state index in [-0.39, 0.29) is 41.3 Å². The van der Waals surface area contributed by atoms with Crippen molar-refractivity contribution < 1.29 is 41.3 Å². The van der Waals surface area contributed by atoms with Crippen molar-refractivity contribution in [3.05, 3.63) is 47.8 Å². The number of rotatable bonds is 7. The molecule has 14 nitrogen and oxygen atoms in total. The highest BCUT2D eigenvalue weighted by Crippen LogP contribution is 2.40. The molecule has 2 aliphatic rings. The minimum atomic E-state index is -1.21. The number of carboxylic acid groups (broad SMARTS) is 1. The second-order valence-electron chi connectivity index (χ2n) is 7.45. The van der Waals surface area contributed by atoms with Crippen molar-refractivity contribution in [1.29, 1.82) is 0 Å². The molecule has 188 valence electrons. The van der Waals surface area contributed by atoms with E-state index in [2.05, 4.69) is 24.9 Å². The van der Waals surface area contributed by atoms with Gasteiger partial charge in [-0.25, -0.2) is 9.36 Å². The number of carbonyl (C=O) groups excluding carboxylic acids is 2. The third kappa shape index (κ3) is 4.33. The molecule has 1 saturated heterocycles. The van der Waals surface area contributed by atoms with E-state index in [0.717, 1.165) is 17.2 Å². The van der Waals surface area contributed by atoms with Crippen LogP contribution in [0.25, 0.3) is 5.65 Å². The summed E-state index contributed by atoms with van der Waals surface area (Å²) in [5, 5.41) is 19.9.